The third kappa shape index (κ3) is 4.37. The molecule has 144 valence electrons. The summed E-state index contributed by atoms with van der Waals surface area (Å²) in [5.41, 5.74) is 0.796. The van der Waals surface area contributed by atoms with Gasteiger partial charge in [0.1, 0.15) is 11.5 Å². The highest BCUT2D eigenvalue weighted by molar-refractivity contribution is 8.00. The number of nitrogens with zero attached hydrogens (tertiary/aromatic N) is 3. The lowest BCUT2D eigenvalue weighted by Crippen LogP contribution is -2.23. The summed E-state index contributed by atoms with van der Waals surface area (Å²) in [5, 5.41) is 17.8. The van der Waals surface area contributed by atoms with Crippen LogP contribution in [0.4, 0.5) is 17.2 Å². The van der Waals surface area contributed by atoms with Crippen molar-refractivity contribution in [3.05, 3.63) is 58.6 Å². The third-order valence-corrected chi connectivity index (χ3v) is 4.90. The number of hydrogen-bond donors (Lipinski definition) is 2. The van der Waals surface area contributed by atoms with Crippen LogP contribution < -0.4 is 10.6 Å². The van der Waals surface area contributed by atoms with Gasteiger partial charge in [0.2, 0.25) is 5.91 Å². The Kier molecular flexibility index (Phi) is 6.05. The van der Waals surface area contributed by atoms with E-state index in [-0.39, 0.29) is 17.3 Å². The van der Waals surface area contributed by atoms with E-state index in [0.29, 0.717) is 17.5 Å². The number of rotatable bonds is 7. The number of benzene rings is 2. The molecular weight excluding hydrogens is 378 g/mol. The van der Waals surface area contributed by atoms with E-state index >= 15 is 0 Å². The summed E-state index contributed by atoms with van der Waals surface area (Å²) in [4.78, 5) is 32.2. The first kappa shape index (κ1) is 19.6. The standard InChI is InChI=1S/C19H19N5O3S/c1-3-20-17-13-8-4-5-9-14(13)22-19(23-17)28-12(2)18(25)21-15-10-6-7-11-16(15)24(26)27/h4-12H,3H2,1-2H3,(H,21,25)(H,20,22,23). The van der Waals surface area contributed by atoms with Gasteiger partial charge in [-0.15, -0.1) is 0 Å². The Hall–Kier alpha value is -3.20. The first-order valence-corrected chi connectivity index (χ1v) is 9.59. The second-order valence-corrected chi connectivity index (χ2v) is 7.23. The van der Waals surface area contributed by atoms with Gasteiger partial charge in [-0.25, -0.2) is 9.97 Å². The van der Waals surface area contributed by atoms with Gasteiger partial charge in [-0.3, -0.25) is 14.9 Å². The van der Waals surface area contributed by atoms with Crippen LogP contribution in [0.5, 0.6) is 0 Å². The lowest BCUT2D eigenvalue weighted by atomic mass is 10.2. The number of hydrogen-bond acceptors (Lipinski definition) is 7. The molecule has 0 radical (unpaired) electrons. The molecule has 8 nitrogen and oxygen atoms in total. The number of carbonyl (C=O) groups is 1. The van der Waals surface area contributed by atoms with Gasteiger partial charge in [0, 0.05) is 18.0 Å². The number of amides is 1. The molecule has 0 spiro atoms. The number of nitrogens with one attached hydrogen (secondary N) is 2. The molecule has 1 aromatic heterocycles. The van der Waals surface area contributed by atoms with Crippen LogP contribution in [0.15, 0.2) is 53.7 Å². The Morgan fingerprint density at radius 2 is 1.89 bits per heavy atom. The average molecular weight is 397 g/mol. The largest absolute Gasteiger partial charge is 0.370 e. The van der Waals surface area contributed by atoms with Crippen LogP contribution in [-0.2, 0) is 4.79 Å². The van der Waals surface area contributed by atoms with Crippen molar-refractivity contribution in [3.8, 4) is 0 Å². The predicted octanol–water partition coefficient (Wildman–Crippen LogP) is 4.09. The summed E-state index contributed by atoms with van der Waals surface area (Å²) in [6.07, 6.45) is 0. The Morgan fingerprint density at radius 1 is 1.18 bits per heavy atom. The number of nitro benzene ring substituents is 1. The predicted molar refractivity (Wildman–Crippen MR) is 111 cm³/mol. The first-order valence-electron chi connectivity index (χ1n) is 8.71. The van der Waals surface area contributed by atoms with E-state index in [9.17, 15) is 14.9 Å². The molecule has 0 saturated heterocycles. The number of anilines is 2. The highest BCUT2D eigenvalue weighted by Crippen LogP contribution is 2.28. The van der Waals surface area contributed by atoms with E-state index in [1.165, 1.54) is 23.9 Å². The summed E-state index contributed by atoms with van der Waals surface area (Å²) in [7, 11) is 0. The van der Waals surface area contributed by atoms with Gasteiger partial charge < -0.3 is 10.6 Å². The van der Waals surface area contributed by atoms with Crippen LogP contribution in [0.1, 0.15) is 13.8 Å². The fourth-order valence-corrected chi connectivity index (χ4v) is 3.37. The van der Waals surface area contributed by atoms with Crippen molar-refractivity contribution in [3.63, 3.8) is 0 Å². The fraction of sp³-hybridized carbons (Fsp3) is 0.211. The van der Waals surface area contributed by atoms with Crippen LogP contribution in [0, 0.1) is 10.1 Å². The van der Waals surface area contributed by atoms with Crippen molar-refractivity contribution in [2.75, 3.05) is 17.2 Å². The van der Waals surface area contributed by atoms with Crippen LogP contribution in [0.25, 0.3) is 10.9 Å². The molecule has 2 N–H and O–H groups in total. The number of para-hydroxylation sites is 3. The molecule has 28 heavy (non-hydrogen) atoms. The highest BCUT2D eigenvalue weighted by atomic mass is 32.2. The van der Waals surface area contributed by atoms with Crippen LogP contribution >= 0.6 is 11.8 Å². The fourth-order valence-electron chi connectivity index (χ4n) is 2.59. The van der Waals surface area contributed by atoms with Crippen LogP contribution in [0.3, 0.4) is 0 Å². The van der Waals surface area contributed by atoms with Crippen molar-refractivity contribution >= 4 is 45.8 Å². The highest BCUT2D eigenvalue weighted by Gasteiger charge is 2.21. The molecule has 0 fully saturated rings. The Labute approximate surface area is 165 Å². The zero-order valence-corrected chi connectivity index (χ0v) is 16.2. The molecule has 0 aliphatic rings. The van der Waals surface area contributed by atoms with E-state index in [1.807, 2.05) is 31.2 Å². The van der Waals surface area contributed by atoms with E-state index < -0.39 is 10.2 Å². The number of fused-ring (bicyclic) bond motifs is 1. The minimum absolute atomic E-state index is 0.149. The van der Waals surface area contributed by atoms with Crippen molar-refractivity contribution in [1.82, 2.24) is 9.97 Å². The topological polar surface area (TPSA) is 110 Å². The molecule has 1 heterocycles. The SMILES string of the molecule is CCNc1nc(SC(C)C(=O)Nc2ccccc2[N+](=O)[O-])nc2ccccc12. The van der Waals surface area contributed by atoms with Gasteiger partial charge >= 0.3 is 0 Å². The molecule has 9 heteroatoms. The molecule has 0 aliphatic carbocycles. The average Bonchev–Trinajstić information content (AvgIpc) is 2.68. The monoisotopic (exact) mass is 397 g/mol. The van der Waals surface area contributed by atoms with Gasteiger partial charge in [-0.05, 0) is 32.0 Å². The van der Waals surface area contributed by atoms with Crippen molar-refractivity contribution < 1.29 is 9.72 Å². The summed E-state index contributed by atoms with van der Waals surface area (Å²) in [6, 6.07) is 13.7. The van der Waals surface area contributed by atoms with Gasteiger partial charge in [-0.2, -0.15) is 0 Å². The molecule has 1 unspecified atom stereocenters. The molecule has 1 atom stereocenters. The van der Waals surface area contributed by atoms with Crippen molar-refractivity contribution in [2.24, 2.45) is 0 Å². The van der Waals surface area contributed by atoms with Crippen molar-refractivity contribution in [1.29, 1.82) is 0 Å². The Morgan fingerprint density at radius 3 is 2.64 bits per heavy atom. The maximum atomic E-state index is 12.5. The molecule has 1 amide bonds. The molecule has 2 aromatic carbocycles. The third-order valence-electron chi connectivity index (χ3n) is 3.94. The second-order valence-electron chi connectivity index (χ2n) is 5.93. The number of thioether (sulfide) groups is 1. The van der Waals surface area contributed by atoms with Gasteiger partial charge in [-0.1, -0.05) is 36.0 Å². The van der Waals surface area contributed by atoms with Crippen LogP contribution in [0.2, 0.25) is 0 Å². The number of aromatic nitrogens is 2. The number of nitro groups is 1. The van der Waals surface area contributed by atoms with Gasteiger partial charge in [0.05, 0.1) is 15.7 Å². The molecule has 3 rings (SSSR count). The van der Waals surface area contributed by atoms with E-state index in [0.717, 1.165) is 10.9 Å². The summed E-state index contributed by atoms with van der Waals surface area (Å²) >= 11 is 1.20. The quantitative estimate of drug-likeness (QED) is 0.267. The molecule has 3 aromatic rings. The minimum Gasteiger partial charge on any atom is -0.370 e. The maximum absolute atomic E-state index is 12.5. The summed E-state index contributed by atoms with van der Waals surface area (Å²) < 4.78 is 0. The lowest BCUT2D eigenvalue weighted by Gasteiger charge is -2.13. The molecule has 0 saturated carbocycles. The Bertz CT molecular complexity index is 1030. The smallest absolute Gasteiger partial charge is 0.292 e. The van der Waals surface area contributed by atoms with Gasteiger partial charge in [0.25, 0.3) is 5.69 Å². The summed E-state index contributed by atoms with van der Waals surface area (Å²) in [6.45, 7) is 4.39. The molecule has 0 bridgehead atoms. The first-order chi connectivity index (χ1) is 13.5. The van der Waals surface area contributed by atoms with E-state index in [4.69, 9.17) is 0 Å². The lowest BCUT2D eigenvalue weighted by molar-refractivity contribution is -0.383. The van der Waals surface area contributed by atoms with Crippen LogP contribution in [-0.4, -0.2) is 32.6 Å². The minimum atomic E-state index is -0.546. The maximum Gasteiger partial charge on any atom is 0.292 e. The normalized spacial score (nSPS) is 11.8. The summed E-state index contributed by atoms with van der Waals surface area (Å²) in [5.74, 6) is 0.350. The molecular formula is C19H19N5O3S. The Balaban J connectivity index is 1.80. The van der Waals surface area contributed by atoms with Gasteiger partial charge in [0.15, 0.2) is 5.16 Å². The molecule has 0 aliphatic heterocycles. The second kappa shape index (κ2) is 8.66. The van der Waals surface area contributed by atoms with E-state index in [2.05, 4.69) is 20.6 Å². The zero-order valence-electron chi connectivity index (χ0n) is 15.4. The number of carbonyl (C=O) groups excluding carboxylic acids is 1. The van der Waals surface area contributed by atoms with E-state index in [1.54, 1.807) is 19.1 Å². The zero-order chi connectivity index (χ0) is 20.1. The van der Waals surface area contributed by atoms with Crippen molar-refractivity contribution in [2.45, 2.75) is 24.3 Å².